The van der Waals surface area contributed by atoms with Crippen LogP contribution in [0, 0.1) is 0 Å². The Morgan fingerprint density at radius 3 is 2.28 bits per heavy atom. The summed E-state index contributed by atoms with van der Waals surface area (Å²) in [7, 11) is -1.50. The predicted molar refractivity (Wildman–Crippen MR) is 99.1 cm³/mol. The average molecular weight is 366 g/mol. The second-order valence-electron chi connectivity index (χ2n) is 6.04. The highest BCUT2D eigenvalue weighted by Gasteiger charge is 2.21. The van der Waals surface area contributed by atoms with Crippen LogP contribution in [0.3, 0.4) is 0 Å². The van der Waals surface area contributed by atoms with E-state index in [0.29, 0.717) is 38.7 Å². The minimum atomic E-state index is -3.18. The molecule has 1 N–H and O–H groups in total. The number of nitrogens with one attached hydrogen (secondary N) is 1. The normalized spacial score (nSPS) is 16.0. The zero-order valence-corrected chi connectivity index (χ0v) is 15.6. The SMILES string of the molecule is CN=C(NCCS(=O)(=O)Cc1ccccc1)N1CCN(C(C)=O)CC1. The third kappa shape index (κ3) is 6.04. The zero-order chi connectivity index (χ0) is 18.3. The molecule has 0 radical (unpaired) electrons. The molecule has 0 aliphatic carbocycles. The first-order chi connectivity index (χ1) is 11.9. The van der Waals surface area contributed by atoms with Gasteiger partial charge in [0.2, 0.25) is 5.91 Å². The Balaban J connectivity index is 1.80. The summed E-state index contributed by atoms with van der Waals surface area (Å²) in [6.45, 7) is 4.58. The Labute approximate surface area is 149 Å². The summed E-state index contributed by atoms with van der Waals surface area (Å²) in [4.78, 5) is 19.4. The van der Waals surface area contributed by atoms with Gasteiger partial charge in [-0.2, -0.15) is 0 Å². The van der Waals surface area contributed by atoms with Crippen LogP contribution in [0.25, 0.3) is 0 Å². The molecule has 0 aromatic heterocycles. The van der Waals surface area contributed by atoms with Crippen LogP contribution in [-0.2, 0) is 20.4 Å². The number of aliphatic imine (C=N–C) groups is 1. The Bertz CT molecular complexity index is 696. The van der Waals surface area contributed by atoms with Crippen LogP contribution in [0.2, 0.25) is 0 Å². The lowest BCUT2D eigenvalue weighted by Gasteiger charge is -2.36. The first-order valence-corrected chi connectivity index (χ1v) is 10.2. The number of sulfone groups is 1. The summed E-state index contributed by atoms with van der Waals surface area (Å²) in [6.07, 6.45) is 0. The Hall–Kier alpha value is -2.09. The van der Waals surface area contributed by atoms with Gasteiger partial charge in [-0.15, -0.1) is 0 Å². The van der Waals surface area contributed by atoms with E-state index in [1.165, 1.54) is 0 Å². The van der Waals surface area contributed by atoms with E-state index in [2.05, 4.69) is 10.3 Å². The van der Waals surface area contributed by atoms with Crippen LogP contribution < -0.4 is 5.32 Å². The van der Waals surface area contributed by atoms with Crippen molar-refractivity contribution in [1.82, 2.24) is 15.1 Å². The quantitative estimate of drug-likeness (QED) is 0.600. The monoisotopic (exact) mass is 366 g/mol. The van der Waals surface area contributed by atoms with Crippen LogP contribution in [0.4, 0.5) is 0 Å². The van der Waals surface area contributed by atoms with Crippen molar-refractivity contribution in [3.63, 3.8) is 0 Å². The molecule has 8 heteroatoms. The molecule has 0 bridgehead atoms. The number of rotatable bonds is 5. The average Bonchev–Trinajstić information content (AvgIpc) is 2.59. The summed E-state index contributed by atoms with van der Waals surface area (Å²) in [5, 5.41) is 3.12. The third-order valence-corrected chi connectivity index (χ3v) is 5.76. The van der Waals surface area contributed by atoms with Crippen LogP contribution in [-0.4, -0.2) is 75.6 Å². The van der Waals surface area contributed by atoms with Gasteiger partial charge in [0, 0.05) is 46.7 Å². The molecule has 1 aromatic rings. The molecule has 25 heavy (non-hydrogen) atoms. The molecule has 0 saturated carbocycles. The summed E-state index contributed by atoms with van der Waals surface area (Å²) < 4.78 is 24.5. The molecule has 1 aliphatic rings. The van der Waals surface area contributed by atoms with Crippen molar-refractivity contribution in [2.75, 3.05) is 45.5 Å². The van der Waals surface area contributed by atoms with Crippen molar-refractivity contribution in [2.24, 2.45) is 4.99 Å². The maximum atomic E-state index is 12.2. The lowest BCUT2D eigenvalue weighted by molar-refractivity contribution is -0.130. The van der Waals surface area contributed by atoms with Crippen molar-refractivity contribution < 1.29 is 13.2 Å². The van der Waals surface area contributed by atoms with E-state index in [9.17, 15) is 13.2 Å². The van der Waals surface area contributed by atoms with Crippen LogP contribution in [0.1, 0.15) is 12.5 Å². The smallest absolute Gasteiger partial charge is 0.219 e. The van der Waals surface area contributed by atoms with E-state index >= 15 is 0 Å². The number of amides is 1. The van der Waals surface area contributed by atoms with Crippen LogP contribution in [0.15, 0.2) is 35.3 Å². The van der Waals surface area contributed by atoms with E-state index in [1.807, 2.05) is 35.2 Å². The predicted octanol–water partition coefficient (Wildman–Crippen LogP) is 0.341. The zero-order valence-electron chi connectivity index (χ0n) is 14.8. The van der Waals surface area contributed by atoms with Crippen molar-refractivity contribution in [3.8, 4) is 0 Å². The van der Waals surface area contributed by atoms with Crippen molar-refractivity contribution in [2.45, 2.75) is 12.7 Å². The second kappa shape index (κ2) is 8.84. The van der Waals surface area contributed by atoms with Gasteiger partial charge in [-0.25, -0.2) is 8.42 Å². The molecule has 0 atom stereocenters. The van der Waals surface area contributed by atoms with Gasteiger partial charge in [0.15, 0.2) is 15.8 Å². The topological polar surface area (TPSA) is 82.1 Å². The van der Waals surface area contributed by atoms with Crippen molar-refractivity contribution in [1.29, 1.82) is 0 Å². The third-order valence-electron chi connectivity index (χ3n) is 4.16. The molecule has 0 spiro atoms. The maximum absolute atomic E-state index is 12.2. The van der Waals surface area contributed by atoms with Crippen LogP contribution >= 0.6 is 0 Å². The number of benzene rings is 1. The molecule has 7 nitrogen and oxygen atoms in total. The molecule has 1 amide bonds. The number of carbonyl (C=O) groups is 1. The highest BCUT2D eigenvalue weighted by molar-refractivity contribution is 7.90. The fourth-order valence-electron chi connectivity index (χ4n) is 2.78. The molecule has 138 valence electrons. The Kier molecular flexibility index (Phi) is 6.81. The summed E-state index contributed by atoms with van der Waals surface area (Å²) in [5.41, 5.74) is 0.798. The first kappa shape index (κ1) is 19.2. The number of hydrogen-bond acceptors (Lipinski definition) is 4. The lowest BCUT2D eigenvalue weighted by atomic mass is 10.2. The van der Waals surface area contributed by atoms with E-state index in [4.69, 9.17) is 0 Å². The number of hydrogen-bond donors (Lipinski definition) is 1. The van der Waals surface area contributed by atoms with Crippen LogP contribution in [0.5, 0.6) is 0 Å². The molecule has 1 saturated heterocycles. The minimum Gasteiger partial charge on any atom is -0.355 e. The highest BCUT2D eigenvalue weighted by Crippen LogP contribution is 2.06. The lowest BCUT2D eigenvalue weighted by Crippen LogP contribution is -2.53. The number of nitrogens with zero attached hydrogens (tertiary/aromatic N) is 3. The fraction of sp³-hybridized carbons (Fsp3) is 0.529. The summed E-state index contributed by atoms with van der Waals surface area (Å²) in [5.74, 6) is 0.854. The second-order valence-corrected chi connectivity index (χ2v) is 8.23. The largest absolute Gasteiger partial charge is 0.355 e. The summed E-state index contributed by atoms with van der Waals surface area (Å²) >= 11 is 0. The number of guanidine groups is 1. The van der Waals surface area contributed by atoms with E-state index in [1.54, 1.807) is 18.9 Å². The molecule has 1 aromatic carbocycles. The molecule has 2 rings (SSSR count). The number of piperazine rings is 1. The molecule has 1 heterocycles. The fourth-order valence-corrected chi connectivity index (χ4v) is 4.04. The highest BCUT2D eigenvalue weighted by atomic mass is 32.2. The standard InChI is InChI=1S/C17H26N4O3S/c1-15(22)20-9-11-21(12-10-20)17(18-2)19-8-13-25(23,24)14-16-6-4-3-5-7-16/h3-7H,8-14H2,1-2H3,(H,18,19). The van der Waals surface area contributed by atoms with Gasteiger partial charge >= 0.3 is 0 Å². The van der Waals surface area contributed by atoms with Gasteiger partial charge < -0.3 is 15.1 Å². The molecular weight excluding hydrogens is 340 g/mol. The van der Waals surface area contributed by atoms with Crippen molar-refractivity contribution >= 4 is 21.7 Å². The Morgan fingerprint density at radius 2 is 1.72 bits per heavy atom. The summed E-state index contributed by atoms with van der Waals surface area (Å²) in [6, 6.07) is 9.18. The maximum Gasteiger partial charge on any atom is 0.219 e. The van der Waals surface area contributed by atoms with Gasteiger partial charge in [0.25, 0.3) is 0 Å². The van der Waals surface area contributed by atoms with Crippen molar-refractivity contribution in [3.05, 3.63) is 35.9 Å². The molecule has 0 unspecified atom stereocenters. The van der Waals surface area contributed by atoms with E-state index in [-0.39, 0.29) is 17.4 Å². The molecule has 1 fully saturated rings. The van der Waals surface area contributed by atoms with Gasteiger partial charge in [0.1, 0.15) is 0 Å². The number of carbonyl (C=O) groups excluding carboxylic acids is 1. The van der Waals surface area contributed by atoms with E-state index in [0.717, 1.165) is 5.56 Å². The van der Waals surface area contributed by atoms with E-state index < -0.39 is 9.84 Å². The van der Waals surface area contributed by atoms with Gasteiger partial charge in [-0.3, -0.25) is 9.79 Å². The minimum absolute atomic E-state index is 0.0470. The van der Waals surface area contributed by atoms with Gasteiger partial charge in [0.05, 0.1) is 11.5 Å². The van der Waals surface area contributed by atoms with Gasteiger partial charge in [-0.05, 0) is 5.56 Å². The first-order valence-electron chi connectivity index (χ1n) is 8.37. The Morgan fingerprint density at radius 1 is 1.12 bits per heavy atom. The van der Waals surface area contributed by atoms with Gasteiger partial charge in [-0.1, -0.05) is 30.3 Å². The molecular formula is C17H26N4O3S. The molecule has 1 aliphatic heterocycles.